The Bertz CT molecular complexity index is 1770. The van der Waals surface area contributed by atoms with E-state index in [1.54, 1.807) is 14.0 Å². The summed E-state index contributed by atoms with van der Waals surface area (Å²) in [5.41, 5.74) is 5.51. The quantitative estimate of drug-likeness (QED) is 0.394. The Morgan fingerprint density at radius 3 is 2.59 bits per heavy atom. The molecule has 1 N–H and O–H groups in total. The third-order valence-electron chi connectivity index (χ3n) is 11.9. The number of ether oxygens (including phenoxy) is 1. The Morgan fingerprint density at radius 2 is 1.83 bits per heavy atom. The molecule has 2 saturated heterocycles. The number of fused-ring (bicyclic) bond motifs is 8. The number of nitrogens with zero attached hydrogens (tertiary/aromatic N) is 3. The summed E-state index contributed by atoms with van der Waals surface area (Å²) in [5.74, 6) is 1.36. The summed E-state index contributed by atoms with van der Waals surface area (Å²) < 4.78 is 8.06. The molecule has 8 rings (SSSR count). The maximum atomic E-state index is 14.9. The van der Waals surface area contributed by atoms with Gasteiger partial charge in [-0.05, 0) is 85.4 Å². The molecule has 9 heteroatoms. The molecule has 4 heterocycles. The number of hydrogen-bond donors (Lipinski definition) is 1. The van der Waals surface area contributed by atoms with Crippen LogP contribution >= 0.6 is 0 Å². The standard InChI is InChI=1S/C37H42N4O5/c1-22(43)40-14-6-9-25-18-39(19-32(25)40)36(45)37-17-30(37)29-16-26(46-2)11-13-27(29)34-33(23-7-4-3-5-8-23)28-12-10-24(35(44)38-21-42)15-31(28)41(34)20-37/h10-13,15-16,21,23,25,30,32H,3-9,14,17-20H2,1-2H3,(H,38,42,44). The topological polar surface area (TPSA) is 101 Å². The van der Waals surface area contributed by atoms with Gasteiger partial charge in [-0.2, -0.15) is 0 Å². The van der Waals surface area contributed by atoms with Crippen LogP contribution in [0.5, 0.6) is 5.75 Å². The summed E-state index contributed by atoms with van der Waals surface area (Å²) in [6, 6.07) is 12.2. The molecule has 2 aliphatic carbocycles. The van der Waals surface area contributed by atoms with Gasteiger partial charge in [0.15, 0.2) is 0 Å². The van der Waals surface area contributed by atoms with Crippen molar-refractivity contribution in [1.82, 2.24) is 19.7 Å². The fraction of sp³-hybridized carbons (Fsp3) is 0.514. The molecule has 4 atom stereocenters. The number of benzene rings is 2. The maximum Gasteiger partial charge on any atom is 0.257 e. The number of rotatable bonds is 5. The predicted octanol–water partition coefficient (Wildman–Crippen LogP) is 5.21. The highest BCUT2D eigenvalue weighted by atomic mass is 16.5. The summed E-state index contributed by atoms with van der Waals surface area (Å²) >= 11 is 0. The molecular formula is C37H42N4O5. The highest BCUT2D eigenvalue weighted by Gasteiger charge is 2.64. The van der Waals surface area contributed by atoms with Crippen LogP contribution in [0.4, 0.5) is 0 Å². The van der Waals surface area contributed by atoms with Crippen LogP contribution in [0.1, 0.15) is 91.6 Å². The first-order valence-corrected chi connectivity index (χ1v) is 17.0. The number of carbonyl (C=O) groups excluding carboxylic acids is 4. The molecule has 3 aromatic rings. The Balaban J connectivity index is 1.29. The monoisotopic (exact) mass is 622 g/mol. The molecule has 0 bridgehead atoms. The van der Waals surface area contributed by atoms with Crippen molar-refractivity contribution >= 4 is 35.0 Å². The van der Waals surface area contributed by atoms with Crippen LogP contribution in [-0.2, 0) is 20.9 Å². The van der Waals surface area contributed by atoms with E-state index in [9.17, 15) is 19.2 Å². The van der Waals surface area contributed by atoms with Crippen molar-refractivity contribution < 1.29 is 23.9 Å². The molecule has 5 aliphatic rings. The van der Waals surface area contributed by atoms with Crippen LogP contribution in [0.3, 0.4) is 0 Å². The van der Waals surface area contributed by atoms with E-state index in [2.05, 4.69) is 26.9 Å². The molecule has 4 amide bonds. The van der Waals surface area contributed by atoms with Crippen LogP contribution in [0, 0.1) is 11.3 Å². The first kappa shape index (κ1) is 29.3. The zero-order valence-corrected chi connectivity index (χ0v) is 26.7. The molecule has 4 unspecified atom stereocenters. The van der Waals surface area contributed by atoms with Gasteiger partial charge in [0, 0.05) is 61.1 Å². The fourth-order valence-corrected chi connectivity index (χ4v) is 9.61. The van der Waals surface area contributed by atoms with Crippen molar-refractivity contribution in [2.75, 3.05) is 26.7 Å². The summed E-state index contributed by atoms with van der Waals surface area (Å²) in [6.07, 6.45) is 9.03. The smallest absolute Gasteiger partial charge is 0.257 e. The number of methoxy groups -OCH3 is 1. The number of amides is 4. The van der Waals surface area contributed by atoms with Crippen LogP contribution < -0.4 is 10.1 Å². The number of hydrogen-bond acceptors (Lipinski definition) is 5. The van der Waals surface area contributed by atoms with Gasteiger partial charge in [0.2, 0.25) is 18.2 Å². The maximum absolute atomic E-state index is 14.9. The van der Waals surface area contributed by atoms with E-state index in [1.165, 1.54) is 24.8 Å². The Hall–Kier alpha value is -4.14. The number of nitrogens with one attached hydrogen (secondary N) is 1. The molecular weight excluding hydrogens is 580 g/mol. The molecule has 2 aromatic carbocycles. The SMILES string of the molecule is COc1ccc2c(c1)C1CC1(C(=O)N1CC3CCCN(C(C)=O)C3C1)Cn1c-2c(C2CCCCC2)c2ccc(C(=O)NC=O)cc21. The first-order chi connectivity index (χ1) is 22.3. The van der Waals surface area contributed by atoms with Gasteiger partial charge >= 0.3 is 0 Å². The second kappa shape index (κ2) is 11.0. The molecule has 1 aromatic heterocycles. The second-order valence-corrected chi connectivity index (χ2v) is 14.3. The van der Waals surface area contributed by atoms with Crippen LogP contribution in [0.25, 0.3) is 22.2 Å². The van der Waals surface area contributed by atoms with E-state index >= 15 is 0 Å². The van der Waals surface area contributed by atoms with E-state index in [0.29, 0.717) is 43.4 Å². The van der Waals surface area contributed by atoms with Crippen molar-refractivity contribution in [2.24, 2.45) is 11.3 Å². The van der Waals surface area contributed by atoms with Crippen molar-refractivity contribution in [3.63, 3.8) is 0 Å². The van der Waals surface area contributed by atoms with Gasteiger partial charge in [0.05, 0.1) is 24.3 Å². The fourth-order valence-electron chi connectivity index (χ4n) is 9.61. The lowest BCUT2D eigenvalue weighted by Crippen LogP contribution is -2.48. The minimum atomic E-state index is -0.627. The average molecular weight is 623 g/mol. The number of piperidine rings is 1. The van der Waals surface area contributed by atoms with Gasteiger partial charge in [-0.15, -0.1) is 0 Å². The minimum absolute atomic E-state index is 0.0485. The molecule has 2 saturated carbocycles. The summed E-state index contributed by atoms with van der Waals surface area (Å²) in [7, 11) is 1.69. The third-order valence-corrected chi connectivity index (χ3v) is 11.9. The predicted molar refractivity (Wildman–Crippen MR) is 174 cm³/mol. The Kier molecular flexibility index (Phi) is 6.99. The second-order valence-electron chi connectivity index (χ2n) is 14.3. The number of imide groups is 1. The highest BCUT2D eigenvalue weighted by molar-refractivity contribution is 6.04. The van der Waals surface area contributed by atoms with E-state index in [4.69, 9.17) is 4.74 Å². The zero-order valence-electron chi connectivity index (χ0n) is 26.7. The van der Waals surface area contributed by atoms with E-state index in [1.807, 2.05) is 29.2 Å². The highest BCUT2D eigenvalue weighted by Crippen LogP contribution is 2.66. The number of likely N-dealkylation sites (tertiary alicyclic amines) is 2. The summed E-state index contributed by atoms with van der Waals surface area (Å²) in [4.78, 5) is 55.5. The van der Waals surface area contributed by atoms with Crippen molar-refractivity contribution in [3.8, 4) is 17.0 Å². The van der Waals surface area contributed by atoms with Gasteiger partial charge < -0.3 is 19.1 Å². The molecule has 46 heavy (non-hydrogen) atoms. The molecule has 4 fully saturated rings. The minimum Gasteiger partial charge on any atom is -0.497 e. The van der Waals surface area contributed by atoms with Crippen LogP contribution in [-0.4, -0.2) is 71.3 Å². The molecule has 3 aliphatic heterocycles. The number of carbonyl (C=O) groups is 4. The summed E-state index contributed by atoms with van der Waals surface area (Å²) in [6.45, 7) is 4.21. The van der Waals surface area contributed by atoms with E-state index in [-0.39, 0.29) is 23.8 Å². The van der Waals surface area contributed by atoms with Crippen molar-refractivity contribution in [1.29, 1.82) is 0 Å². The lowest BCUT2D eigenvalue weighted by atomic mass is 9.81. The van der Waals surface area contributed by atoms with Gasteiger partial charge in [0.25, 0.3) is 5.91 Å². The Labute approximate surface area is 269 Å². The van der Waals surface area contributed by atoms with E-state index in [0.717, 1.165) is 72.1 Å². The Morgan fingerprint density at radius 1 is 1.00 bits per heavy atom. The third kappa shape index (κ3) is 4.41. The first-order valence-electron chi connectivity index (χ1n) is 17.0. The van der Waals surface area contributed by atoms with Gasteiger partial charge in [-0.1, -0.05) is 25.3 Å². The van der Waals surface area contributed by atoms with Gasteiger partial charge in [0.1, 0.15) is 5.75 Å². The zero-order chi connectivity index (χ0) is 31.7. The molecule has 0 spiro atoms. The largest absolute Gasteiger partial charge is 0.497 e. The summed E-state index contributed by atoms with van der Waals surface area (Å²) in [5, 5.41) is 3.42. The molecule has 9 nitrogen and oxygen atoms in total. The van der Waals surface area contributed by atoms with Gasteiger partial charge in [-0.3, -0.25) is 24.5 Å². The lowest BCUT2D eigenvalue weighted by molar-refractivity contribution is -0.138. The average Bonchev–Trinajstić information content (AvgIpc) is 3.53. The van der Waals surface area contributed by atoms with Crippen molar-refractivity contribution in [2.45, 2.75) is 82.7 Å². The molecule has 0 radical (unpaired) electrons. The lowest BCUT2D eigenvalue weighted by Gasteiger charge is -2.36. The van der Waals surface area contributed by atoms with Crippen LogP contribution in [0.2, 0.25) is 0 Å². The normalized spacial score (nSPS) is 26.8. The van der Waals surface area contributed by atoms with E-state index < -0.39 is 11.3 Å². The number of aromatic nitrogens is 1. The van der Waals surface area contributed by atoms with Gasteiger partial charge in [-0.25, -0.2) is 0 Å². The molecule has 240 valence electrons. The van der Waals surface area contributed by atoms with Crippen LogP contribution in [0.15, 0.2) is 36.4 Å². The van der Waals surface area contributed by atoms with Crippen molar-refractivity contribution in [3.05, 3.63) is 53.1 Å².